The van der Waals surface area contributed by atoms with E-state index in [4.69, 9.17) is 21.1 Å². The first-order valence-corrected chi connectivity index (χ1v) is 13.0. The van der Waals surface area contributed by atoms with Crippen molar-refractivity contribution in [3.05, 3.63) is 94.6 Å². The lowest BCUT2D eigenvalue weighted by atomic mass is 9.84. The van der Waals surface area contributed by atoms with Gasteiger partial charge in [-0.2, -0.15) is 0 Å². The van der Waals surface area contributed by atoms with Crippen LogP contribution in [0.4, 0.5) is 5.69 Å². The van der Waals surface area contributed by atoms with E-state index in [1.165, 1.54) is 12.0 Å². The summed E-state index contributed by atoms with van der Waals surface area (Å²) in [5, 5.41) is 3.34. The number of nitrogens with zero attached hydrogens (tertiary/aromatic N) is 2. The molecule has 6 rings (SSSR count). The number of anilines is 1. The van der Waals surface area contributed by atoms with Crippen LogP contribution in [-0.4, -0.2) is 47.8 Å². The highest BCUT2D eigenvalue weighted by molar-refractivity contribution is 6.31. The van der Waals surface area contributed by atoms with Gasteiger partial charge in [-0.1, -0.05) is 48.0 Å². The third-order valence-corrected chi connectivity index (χ3v) is 7.98. The number of rotatable bonds is 6. The van der Waals surface area contributed by atoms with Gasteiger partial charge in [0.25, 0.3) is 0 Å². The molecular formula is C30H26ClN3O5. The molecule has 0 unspecified atom stereocenters. The number of hydrogen-bond acceptors (Lipinski definition) is 6. The molecule has 4 atom stereocenters. The Labute approximate surface area is 230 Å². The number of methoxy groups -OCH3 is 2. The standard InChI is InChI=1S/C30H26ClN3O5/c1-38-20-10-7-17(8-11-20)16-34-29(36)24-25(30(34)37)27(28(35)32-22-15-19(31)9-12-23(22)39-2)33-14-13-18-5-3-4-6-21(18)26(24)33/h3-15,24-27H,16H2,1-2H3,(H,32,35)/t24-,25+,26-,27-/m0/s1. The number of hydrogen-bond donors (Lipinski definition) is 1. The molecular weight excluding hydrogens is 518 g/mol. The molecule has 9 heteroatoms. The zero-order chi connectivity index (χ0) is 27.3. The summed E-state index contributed by atoms with van der Waals surface area (Å²) in [5.41, 5.74) is 3.06. The monoisotopic (exact) mass is 543 g/mol. The highest BCUT2D eigenvalue weighted by Crippen LogP contribution is 2.53. The van der Waals surface area contributed by atoms with Crippen LogP contribution in [0.15, 0.2) is 72.9 Å². The molecule has 0 radical (unpaired) electrons. The molecule has 0 spiro atoms. The normalized spacial score (nSPS) is 22.8. The van der Waals surface area contributed by atoms with Gasteiger partial charge < -0.3 is 19.7 Å². The van der Waals surface area contributed by atoms with Gasteiger partial charge in [0, 0.05) is 11.2 Å². The van der Waals surface area contributed by atoms with Gasteiger partial charge in [-0.15, -0.1) is 0 Å². The first kappa shape index (κ1) is 25.0. The van der Waals surface area contributed by atoms with Crippen molar-refractivity contribution in [2.75, 3.05) is 19.5 Å². The van der Waals surface area contributed by atoms with Crippen LogP contribution in [-0.2, 0) is 20.9 Å². The summed E-state index contributed by atoms with van der Waals surface area (Å²) in [7, 11) is 3.08. The second-order valence-electron chi connectivity index (χ2n) is 9.78. The molecule has 1 N–H and O–H groups in total. The number of carbonyl (C=O) groups excluding carboxylic acids is 3. The van der Waals surface area contributed by atoms with Crippen molar-refractivity contribution in [3.63, 3.8) is 0 Å². The van der Waals surface area contributed by atoms with Gasteiger partial charge in [0.15, 0.2) is 0 Å². The van der Waals surface area contributed by atoms with E-state index in [1.807, 2.05) is 53.6 Å². The largest absolute Gasteiger partial charge is 0.497 e. The Morgan fingerprint density at radius 2 is 1.69 bits per heavy atom. The van der Waals surface area contributed by atoms with E-state index < -0.39 is 29.8 Å². The average molecular weight is 544 g/mol. The minimum atomic E-state index is -0.911. The average Bonchev–Trinajstić information content (AvgIpc) is 3.42. The van der Waals surface area contributed by atoms with Gasteiger partial charge >= 0.3 is 0 Å². The van der Waals surface area contributed by atoms with Gasteiger partial charge in [-0.3, -0.25) is 19.3 Å². The van der Waals surface area contributed by atoms with Crippen LogP contribution in [0, 0.1) is 11.8 Å². The topological polar surface area (TPSA) is 88.2 Å². The molecule has 3 aliphatic rings. The fraction of sp³-hybridized carbons (Fsp3) is 0.233. The molecule has 198 valence electrons. The van der Waals surface area contributed by atoms with E-state index in [0.717, 1.165) is 16.7 Å². The maximum absolute atomic E-state index is 13.9. The minimum absolute atomic E-state index is 0.120. The van der Waals surface area contributed by atoms with Crippen LogP contribution >= 0.6 is 11.6 Å². The first-order valence-electron chi connectivity index (χ1n) is 12.6. The highest BCUT2D eigenvalue weighted by Gasteiger charge is 2.64. The molecule has 2 saturated heterocycles. The number of ether oxygens (including phenoxy) is 2. The molecule has 0 aliphatic carbocycles. The zero-order valence-electron chi connectivity index (χ0n) is 21.3. The summed E-state index contributed by atoms with van der Waals surface area (Å²) in [6, 6.07) is 18.6. The van der Waals surface area contributed by atoms with Gasteiger partial charge in [-0.05, 0) is 53.1 Å². The van der Waals surface area contributed by atoms with Gasteiger partial charge in [0.2, 0.25) is 17.7 Å². The lowest BCUT2D eigenvalue weighted by Crippen LogP contribution is -2.46. The highest BCUT2D eigenvalue weighted by atomic mass is 35.5. The van der Waals surface area contributed by atoms with Gasteiger partial charge in [0.1, 0.15) is 17.5 Å². The molecule has 3 amide bonds. The van der Waals surface area contributed by atoms with Crippen molar-refractivity contribution in [1.29, 1.82) is 0 Å². The summed E-state index contributed by atoms with van der Waals surface area (Å²) >= 11 is 6.19. The minimum Gasteiger partial charge on any atom is -0.497 e. The number of nitrogens with one attached hydrogen (secondary N) is 1. The smallest absolute Gasteiger partial charge is 0.248 e. The predicted octanol–water partition coefficient (Wildman–Crippen LogP) is 4.51. The van der Waals surface area contributed by atoms with Crippen molar-refractivity contribution in [1.82, 2.24) is 9.80 Å². The number of halogens is 1. The van der Waals surface area contributed by atoms with Crippen molar-refractivity contribution in [2.24, 2.45) is 11.8 Å². The molecule has 0 saturated carbocycles. The summed E-state index contributed by atoms with van der Waals surface area (Å²) in [6.07, 6.45) is 3.73. The second-order valence-corrected chi connectivity index (χ2v) is 10.2. The Morgan fingerprint density at radius 1 is 0.949 bits per heavy atom. The predicted molar refractivity (Wildman–Crippen MR) is 146 cm³/mol. The van der Waals surface area contributed by atoms with Crippen molar-refractivity contribution in [2.45, 2.75) is 18.6 Å². The molecule has 2 fully saturated rings. The van der Waals surface area contributed by atoms with Crippen LogP contribution in [0.25, 0.3) is 6.08 Å². The van der Waals surface area contributed by atoms with Crippen LogP contribution in [0.1, 0.15) is 22.7 Å². The zero-order valence-corrected chi connectivity index (χ0v) is 22.1. The van der Waals surface area contributed by atoms with E-state index in [0.29, 0.717) is 22.2 Å². The second kappa shape index (κ2) is 9.78. The summed E-state index contributed by atoms with van der Waals surface area (Å²) in [4.78, 5) is 44.9. The molecule has 3 aliphatic heterocycles. The van der Waals surface area contributed by atoms with Crippen LogP contribution in [0.5, 0.6) is 11.5 Å². The van der Waals surface area contributed by atoms with E-state index in [1.54, 1.807) is 37.4 Å². The van der Waals surface area contributed by atoms with E-state index in [2.05, 4.69) is 5.32 Å². The van der Waals surface area contributed by atoms with Crippen molar-refractivity contribution in [3.8, 4) is 11.5 Å². The number of fused-ring (bicyclic) bond motifs is 5. The van der Waals surface area contributed by atoms with E-state index in [9.17, 15) is 14.4 Å². The molecule has 39 heavy (non-hydrogen) atoms. The third kappa shape index (κ3) is 4.12. The molecule has 0 aromatic heterocycles. The van der Waals surface area contributed by atoms with Crippen LogP contribution in [0.3, 0.4) is 0 Å². The number of imide groups is 1. The van der Waals surface area contributed by atoms with Gasteiger partial charge in [-0.25, -0.2) is 0 Å². The first-order chi connectivity index (χ1) is 18.9. The van der Waals surface area contributed by atoms with Gasteiger partial charge in [0.05, 0.1) is 44.3 Å². The summed E-state index contributed by atoms with van der Waals surface area (Å²) in [5.74, 6) is -1.50. The number of likely N-dealkylation sites (tertiary alicyclic amines) is 1. The van der Waals surface area contributed by atoms with E-state index >= 15 is 0 Å². The Kier molecular flexibility index (Phi) is 6.27. The maximum atomic E-state index is 13.9. The number of carbonyl (C=O) groups is 3. The van der Waals surface area contributed by atoms with Crippen molar-refractivity contribution >= 4 is 41.1 Å². The molecule has 3 heterocycles. The fourth-order valence-corrected chi connectivity index (χ4v) is 6.14. The lowest BCUT2D eigenvalue weighted by Gasteiger charge is -2.35. The Hall–Kier alpha value is -4.30. The quantitative estimate of drug-likeness (QED) is 0.460. The summed E-state index contributed by atoms with van der Waals surface area (Å²) in [6.45, 7) is 0.120. The molecule has 8 nitrogen and oxygen atoms in total. The van der Waals surface area contributed by atoms with Crippen LogP contribution < -0.4 is 14.8 Å². The Bertz CT molecular complexity index is 1500. The Balaban J connectivity index is 1.38. The van der Waals surface area contributed by atoms with E-state index in [-0.39, 0.29) is 18.4 Å². The Morgan fingerprint density at radius 3 is 2.44 bits per heavy atom. The molecule has 3 aromatic carbocycles. The van der Waals surface area contributed by atoms with Crippen molar-refractivity contribution < 1.29 is 23.9 Å². The molecule has 0 bridgehead atoms. The SMILES string of the molecule is COc1ccc(CN2C(=O)[C@@H]3[C@H](C2=O)[C@@H]2c4ccccc4C=CN2[C@@H]3C(=O)Nc2cc(Cl)ccc2OC)cc1. The number of amides is 3. The van der Waals surface area contributed by atoms with Crippen LogP contribution in [0.2, 0.25) is 5.02 Å². The maximum Gasteiger partial charge on any atom is 0.248 e. The molecule has 3 aromatic rings. The summed E-state index contributed by atoms with van der Waals surface area (Å²) < 4.78 is 10.6. The lowest BCUT2D eigenvalue weighted by molar-refractivity contribution is -0.143. The fourth-order valence-electron chi connectivity index (χ4n) is 5.97. The number of benzene rings is 3. The third-order valence-electron chi connectivity index (χ3n) is 7.74.